The molecule has 2 aromatic heterocycles. The normalized spacial score (nSPS) is 11.1. The molecule has 0 amide bonds. The molecule has 2 aromatic carbocycles. The average Bonchev–Trinajstić information content (AvgIpc) is 3.06. The maximum Gasteiger partial charge on any atom is 0.266 e. The minimum atomic E-state index is -0.367. The highest BCUT2D eigenvalue weighted by Crippen LogP contribution is 2.22. The van der Waals surface area contributed by atoms with Crippen LogP contribution in [0.5, 0.6) is 5.75 Å². The Bertz CT molecular complexity index is 1190. The lowest BCUT2D eigenvalue weighted by Gasteiger charge is -2.10. The molecule has 0 aliphatic rings. The molecule has 2 heterocycles. The summed E-state index contributed by atoms with van der Waals surface area (Å²) in [5.74, 6) is 1.45. The van der Waals surface area contributed by atoms with Crippen LogP contribution in [0.1, 0.15) is 5.56 Å². The number of aryl methyl sites for hydroxylation is 1. The first-order valence-electron chi connectivity index (χ1n) is 8.67. The number of para-hydroxylation sites is 1. The molecule has 0 radical (unpaired) electrons. The number of aromatic nitrogens is 4. The highest BCUT2D eigenvalue weighted by Gasteiger charge is 2.12. The first-order valence-corrected chi connectivity index (χ1v) is 9.66. The van der Waals surface area contributed by atoms with Crippen LogP contribution in [-0.2, 0) is 0 Å². The van der Waals surface area contributed by atoms with Crippen LogP contribution in [0.15, 0.2) is 64.5 Å². The first kappa shape index (κ1) is 18.2. The molecule has 0 aliphatic carbocycles. The van der Waals surface area contributed by atoms with Crippen molar-refractivity contribution in [3.63, 3.8) is 0 Å². The monoisotopic (exact) mass is 396 g/mol. The molecule has 0 aliphatic heterocycles. The van der Waals surface area contributed by atoms with E-state index in [0.717, 1.165) is 11.3 Å². The van der Waals surface area contributed by atoms with E-state index in [0.29, 0.717) is 34.6 Å². The molecule has 8 heteroatoms. The van der Waals surface area contributed by atoms with Gasteiger partial charge in [-0.05, 0) is 30.7 Å². The number of H-pyrrole nitrogens is 1. The fraction of sp³-hybridized carbons (Fsp3) is 0.150. The minimum Gasteiger partial charge on any atom is -0.492 e. The highest BCUT2D eigenvalue weighted by molar-refractivity contribution is 7.99. The van der Waals surface area contributed by atoms with Crippen molar-refractivity contribution in [2.45, 2.75) is 12.1 Å². The van der Waals surface area contributed by atoms with Crippen LogP contribution < -0.4 is 10.3 Å². The van der Waals surface area contributed by atoms with Crippen molar-refractivity contribution in [2.75, 3.05) is 12.4 Å². The molecule has 28 heavy (non-hydrogen) atoms. The van der Waals surface area contributed by atoms with Gasteiger partial charge in [0.1, 0.15) is 11.6 Å². The molecule has 0 spiro atoms. The van der Waals surface area contributed by atoms with Gasteiger partial charge < -0.3 is 4.74 Å². The zero-order valence-electron chi connectivity index (χ0n) is 15.1. The van der Waals surface area contributed by atoms with E-state index in [4.69, 9.17) is 4.74 Å². The van der Waals surface area contributed by atoms with Crippen LogP contribution in [0, 0.1) is 12.7 Å². The van der Waals surface area contributed by atoms with Crippen LogP contribution >= 0.6 is 11.8 Å². The predicted octanol–water partition coefficient (Wildman–Crippen LogP) is 3.70. The predicted molar refractivity (Wildman–Crippen MR) is 106 cm³/mol. The Morgan fingerprint density at radius 3 is 2.82 bits per heavy atom. The van der Waals surface area contributed by atoms with E-state index in [1.807, 2.05) is 31.2 Å². The largest absolute Gasteiger partial charge is 0.492 e. The van der Waals surface area contributed by atoms with E-state index in [1.54, 1.807) is 12.1 Å². The molecular weight excluding hydrogens is 379 g/mol. The second-order valence-corrected chi connectivity index (χ2v) is 7.18. The van der Waals surface area contributed by atoms with Gasteiger partial charge in [0.2, 0.25) is 0 Å². The van der Waals surface area contributed by atoms with E-state index >= 15 is 0 Å². The van der Waals surface area contributed by atoms with Gasteiger partial charge in [-0.1, -0.05) is 42.1 Å². The van der Waals surface area contributed by atoms with E-state index in [-0.39, 0.29) is 11.4 Å². The quantitative estimate of drug-likeness (QED) is 0.397. The Morgan fingerprint density at radius 2 is 2.00 bits per heavy atom. The number of thioether (sulfide) groups is 1. The van der Waals surface area contributed by atoms with Crippen molar-refractivity contribution < 1.29 is 9.13 Å². The minimum absolute atomic E-state index is 0.274. The second-order valence-electron chi connectivity index (χ2n) is 6.12. The standard InChI is InChI=1S/C20H17FN4O2S/c1-13-5-2-3-8-16(13)27-9-10-28-20-23-19(14-6-4-7-15(21)11-14)22-17-12-18(26)24-25(17)20/h2-8,11-12H,9-10H2,1H3,(H,24,26). The Kier molecular flexibility index (Phi) is 5.12. The topological polar surface area (TPSA) is 72.3 Å². The molecule has 0 unspecified atom stereocenters. The van der Waals surface area contributed by atoms with Gasteiger partial charge in [-0.25, -0.2) is 18.9 Å². The number of benzene rings is 2. The lowest BCUT2D eigenvalue weighted by Crippen LogP contribution is -2.07. The molecule has 0 atom stereocenters. The van der Waals surface area contributed by atoms with E-state index in [2.05, 4.69) is 15.1 Å². The van der Waals surface area contributed by atoms with Crippen LogP contribution in [0.4, 0.5) is 4.39 Å². The van der Waals surface area contributed by atoms with Crippen molar-refractivity contribution >= 4 is 17.4 Å². The number of halogens is 1. The summed E-state index contributed by atoms with van der Waals surface area (Å²) in [6.45, 7) is 2.47. The molecule has 4 aromatic rings. The number of fused-ring (bicyclic) bond motifs is 1. The molecule has 6 nitrogen and oxygen atoms in total. The van der Waals surface area contributed by atoms with Crippen LogP contribution in [0.25, 0.3) is 17.0 Å². The molecule has 1 N–H and O–H groups in total. The molecule has 0 saturated carbocycles. The number of ether oxygens (including phenoxy) is 1. The summed E-state index contributed by atoms with van der Waals surface area (Å²) in [6.07, 6.45) is 0. The zero-order valence-corrected chi connectivity index (χ0v) is 15.9. The lowest BCUT2D eigenvalue weighted by molar-refractivity contribution is 0.341. The van der Waals surface area contributed by atoms with Gasteiger partial charge in [-0.2, -0.15) is 0 Å². The fourth-order valence-electron chi connectivity index (χ4n) is 2.74. The van der Waals surface area contributed by atoms with Gasteiger partial charge in [0, 0.05) is 17.4 Å². The molecular formula is C20H17FN4O2S. The third-order valence-corrected chi connectivity index (χ3v) is 4.98. The summed E-state index contributed by atoms with van der Waals surface area (Å²) < 4.78 is 20.9. The first-order chi connectivity index (χ1) is 13.6. The molecule has 4 rings (SSSR count). The second kappa shape index (κ2) is 7.85. The Hall–Kier alpha value is -3.13. The summed E-state index contributed by atoms with van der Waals surface area (Å²) in [6, 6.07) is 15.3. The third kappa shape index (κ3) is 3.91. The van der Waals surface area contributed by atoms with Gasteiger partial charge in [0.15, 0.2) is 16.6 Å². The maximum atomic E-state index is 13.6. The maximum absolute atomic E-state index is 13.6. The summed E-state index contributed by atoms with van der Waals surface area (Å²) >= 11 is 1.42. The molecule has 0 fully saturated rings. The highest BCUT2D eigenvalue weighted by atomic mass is 32.2. The van der Waals surface area contributed by atoms with Crippen molar-refractivity contribution in [1.29, 1.82) is 0 Å². The number of hydrogen-bond acceptors (Lipinski definition) is 5. The molecule has 0 bridgehead atoms. The fourth-order valence-corrected chi connectivity index (χ4v) is 3.51. The van der Waals surface area contributed by atoms with E-state index in [9.17, 15) is 9.18 Å². The van der Waals surface area contributed by atoms with Gasteiger partial charge >= 0.3 is 0 Å². The van der Waals surface area contributed by atoms with Gasteiger partial charge in [0.25, 0.3) is 5.56 Å². The summed E-state index contributed by atoms with van der Waals surface area (Å²) in [5, 5.41) is 3.24. The van der Waals surface area contributed by atoms with E-state index in [1.165, 1.54) is 34.5 Å². The van der Waals surface area contributed by atoms with Crippen LogP contribution in [0.2, 0.25) is 0 Å². The number of rotatable bonds is 6. The van der Waals surface area contributed by atoms with E-state index < -0.39 is 0 Å². The van der Waals surface area contributed by atoms with Crippen LogP contribution in [-0.4, -0.2) is 31.9 Å². The van der Waals surface area contributed by atoms with Crippen molar-refractivity contribution in [2.24, 2.45) is 0 Å². The zero-order chi connectivity index (χ0) is 19.5. The SMILES string of the molecule is Cc1ccccc1OCCSc1nc(-c2cccc(F)c2)nc2cc(=O)[nH]n12. The Labute approximate surface area is 164 Å². The smallest absolute Gasteiger partial charge is 0.266 e. The number of aromatic amines is 1. The summed E-state index contributed by atoms with van der Waals surface area (Å²) in [5.41, 5.74) is 1.78. The van der Waals surface area contributed by atoms with Gasteiger partial charge in [0.05, 0.1) is 6.61 Å². The van der Waals surface area contributed by atoms with Crippen LogP contribution in [0.3, 0.4) is 0 Å². The van der Waals surface area contributed by atoms with Crippen molar-refractivity contribution in [1.82, 2.24) is 19.6 Å². The molecule has 142 valence electrons. The number of nitrogens with one attached hydrogen (secondary N) is 1. The Morgan fingerprint density at radius 1 is 1.14 bits per heavy atom. The number of hydrogen-bond donors (Lipinski definition) is 1. The number of nitrogens with zero attached hydrogens (tertiary/aromatic N) is 3. The molecule has 0 saturated heterocycles. The van der Waals surface area contributed by atoms with Crippen molar-refractivity contribution in [3.05, 3.63) is 76.3 Å². The third-order valence-electron chi connectivity index (χ3n) is 4.07. The van der Waals surface area contributed by atoms with Crippen molar-refractivity contribution in [3.8, 4) is 17.1 Å². The summed E-state index contributed by atoms with van der Waals surface area (Å²) in [4.78, 5) is 20.6. The van der Waals surface area contributed by atoms with Gasteiger partial charge in [-0.15, -0.1) is 0 Å². The lowest BCUT2D eigenvalue weighted by atomic mass is 10.2. The van der Waals surface area contributed by atoms with Gasteiger partial charge in [-0.3, -0.25) is 9.89 Å². The average molecular weight is 396 g/mol. The Balaban J connectivity index is 1.57. The summed E-state index contributed by atoms with van der Waals surface area (Å²) in [7, 11) is 0.